The van der Waals surface area contributed by atoms with Crippen molar-refractivity contribution in [3.8, 4) is 0 Å². The Bertz CT molecular complexity index is 373. The summed E-state index contributed by atoms with van der Waals surface area (Å²) in [6, 6.07) is 0.190. The molecule has 1 aliphatic heterocycles. The maximum atomic E-state index is 11.9. The molecule has 0 unspecified atom stereocenters. The van der Waals surface area contributed by atoms with Crippen LogP contribution >= 0.6 is 0 Å². The molecule has 1 rings (SSSR count). The van der Waals surface area contributed by atoms with Crippen LogP contribution in [-0.2, 0) is 14.8 Å². The van der Waals surface area contributed by atoms with E-state index < -0.39 is 10.0 Å². The van der Waals surface area contributed by atoms with Gasteiger partial charge in [0.15, 0.2) is 0 Å². The van der Waals surface area contributed by atoms with Crippen molar-refractivity contribution in [2.24, 2.45) is 5.92 Å². The first-order chi connectivity index (χ1) is 8.40. The second kappa shape index (κ2) is 6.52. The molecule has 1 atom stereocenters. The van der Waals surface area contributed by atoms with Crippen molar-refractivity contribution in [3.05, 3.63) is 0 Å². The third kappa shape index (κ3) is 3.95. The molecule has 0 aliphatic carbocycles. The van der Waals surface area contributed by atoms with E-state index in [9.17, 15) is 13.2 Å². The highest BCUT2D eigenvalue weighted by Crippen LogP contribution is 2.20. The molecule has 106 valence electrons. The number of amides is 1. The second-order valence-electron chi connectivity index (χ2n) is 4.89. The van der Waals surface area contributed by atoms with Crippen LogP contribution in [0.4, 0.5) is 0 Å². The number of piperidine rings is 1. The lowest BCUT2D eigenvalue weighted by Gasteiger charge is -2.30. The molecule has 6 heteroatoms. The highest BCUT2D eigenvalue weighted by Gasteiger charge is 2.30. The number of carbonyl (C=O) groups is 1. The van der Waals surface area contributed by atoms with E-state index in [2.05, 4.69) is 5.32 Å². The molecule has 18 heavy (non-hydrogen) atoms. The Morgan fingerprint density at radius 2 is 1.89 bits per heavy atom. The normalized spacial score (nSPS) is 20.6. The fraction of sp³-hybridized carbons (Fsp3) is 0.917. The lowest BCUT2D eigenvalue weighted by molar-refractivity contribution is -0.126. The molecule has 0 spiro atoms. The first-order valence-corrected chi connectivity index (χ1v) is 8.29. The van der Waals surface area contributed by atoms with Crippen LogP contribution in [0.25, 0.3) is 0 Å². The summed E-state index contributed by atoms with van der Waals surface area (Å²) in [5, 5.41) is 2.96. The SMILES string of the molecule is CC[C@@H](C)NC(=O)C1CCN(S(=O)(=O)CC)CC1. The number of sulfonamides is 1. The Morgan fingerprint density at radius 3 is 2.33 bits per heavy atom. The molecule has 1 amide bonds. The van der Waals surface area contributed by atoms with E-state index in [1.165, 1.54) is 4.31 Å². The molecule has 0 aromatic rings. The summed E-state index contributed by atoms with van der Waals surface area (Å²) in [6.45, 7) is 6.59. The molecule has 0 radical (unpaired) electrons. The van der Waals surface area contributed by atoms with Crippen LogP contribution in [0.15, 0.2) is 0 Å². The van der Waals surface area contributed by atoms with Gasteiger partial charge in [0.2, 0.25) is 15.9 Å². The van der Waals surface area contributed by atoms with Gasteiger partial charge in [-0.2, -0.15) is 0 Å². The molecule has 0 aromatic carbocycles. The molecular formula is C12H24N2O3S. The molecule has 1 heterocycles. The predicted molar refractivity (Wildman–Crippen MR) is 71.7 cm³/mol. The van der Waals surface area contributed by atoms with E-state index in [1.54, 1.807) is 6.92 Å². The van der Waals surface area contributed by atoms with Crippen LogP contribution < -0.4 is 5.32 Å². The van der Waals surface area contributed by atoms with Crippen LogP contribution in [0.2, 0.25) is 0 Å². The second-order valence-corrected chi connectivity index (χ2v) is 7.15. The van der Waals surface area contributed by atoms with Crippen LogP contribution in [-0.4, -0.2) is 43.5 Å². The minimum absolute atomic E-state index is 0.0395. The maximum absolute atomic E-state index is 11.9. The van der Waals surface area contributed by atoms with E-state index in [4.69, 9.17) is 0 Å². The zero-order chi connectivity index (χ0) is 13.8. The lowest BCUT2D eigenvalue weighted by Crippen LogP contribution is -2.45. The molecule has 1 saturated heterocycles. The maximum Gasteiger partial charge on any atom is 0.223 e. The zero-order valence-corrected chi connectivity index (χ0v) is 12.3. The van der Waals surface area contributed by atoms with E-state index >= 15 is 0 Å². The van der Waals surface area contributed by atoms with E-state index in [-0.39, 0.29) is 23.6 Å². The Kier molecular flexibility index (Phi) is 5.59. The topological polar surface area (TPSA) is 66.5 Å². The van der Waals surface area contributed by atoms with E-state index in [1.807, 2.05) is 13.8 Å². The Morgan fingerprint density at radius 1 is 1.33 bits per heavy atom. The molecule has 1 aliphatic rings. The summed E-state index contributed by atoms with van der Waals surface area (Å²) in [5.41, 5.74) is 0. The highest BCUT2D eigenvalue weighted by atomic mass is 32.2. The van der Waals surface area contributed by atoms with Gasteiger partial charge in [-0.15, -0.1) is 0 Å². The van der Waals surface area contributed by atoms with Crippen LogP contribution in [0.5, 0.6) is 0 Å². The highest BCUT2D eigenvalue weighted by molar-refractivity contribution is 7.89. The number of rotatable bonds is 5. The quantitative estimate of drug-likeness (QED) is 0.813. The lowest BCUT2D eigenvalue weighted by atomic mass is 9.97. The monoisotopic (exact) mass is 276 g/mol. The van der Waals surface area contributed by atoms with E-state index in [0.717, 1.165) is 6.42 Å². The van der Waals surface area contributed by atoms with Gasteiger partial charge in [-0.25, -0.2) is 12.7 Å². The number of nitrogens with zero attached hydrogens (tertiary/aromatic N) is 1. The van der Waals surface area contributed by atoms with Gasteiger partial charge in [0.1, 0.15) is 0 Å². The van der Waals surface area contributed by atoms with Crippen molar-refractivity contribution < 1.29 is 13.2 Å². The Balaban J connectivity index is 2.47. The largest absolute Gasteiger partial charge is 0.353 e. The van der Waals surface area contributed by atoms with Gasteiger partial charge in [-0.05, 0) is 33.1 Å². The molecular weight excluding hydrogens is 252 g/mol. The minimum atomic E-state index is -3.10. The zero-order valence-electron chi connectivity index (χ0n) is 11.5. The molecule has 5 nitrogen and oxygen atoms in total. The third-order valence-corrected chi connectivity index (χ3v) is 5.47. The van der Waals surface area contributed by atoms with E-state index in [0.29, 0.717) is 25.9 Å². The van der Waals surface area contributed by atoms with Gasteiger partial charge in [0.05, 0.1) is 5.75 Å². The standard InChI is InChI=1S/C12H24N2O3S/c1-4-10(3)13-12(15)11-6-8-14(9-7-11)18(16,17)5-2/h10-11H,4-9H2,1-3H3,(H,13,15)/t10-/m1/s1. The van der Waals surface area contributed by atoms with Gasteiger partial charge in [0, 0.05) is 25.0 Å². The van der Waals surface area contributed by atoms with Crippen molar-refractivity contribution >= 4 is 15.9 Å². The van der Waals surface area contributed by atoms with Gasteiger partial charge in [-0.3, -0.25) is 4.79 Å². The third-order valence-electron chi connectivity index (χ3n) is 3.58. The van der Waals surface area contributed by atoms with Gasteiger partial charge in [-0.1, -0.05) is 6.92 Å². The summed E-state index contributed by atoms with van der Waals surface area (Å²) in [6.07, 6.45) is 2.16. The summed E-state index contributed by atoms with van der Waals surface area (Å²) < 4.78 is 24.9. The van der Waals surface area contributed by atoms with Crippen molar-refractivity contribution in [2.75, 3.05) is 18.8 Å². The van der Waals surface area contributed by atoms with Gasteiger partial charge < -0.3 is 5.32 Å². The van der Waals surface area contributed by atoms with Crippen LogP contribution in [0.3, 0.4) is 0 Å². The molecule has 1 N–H and O–H groups in total. The minimum Gasteiger partial charge on any atom is -0.353 e. The number of hydrogen-bond acceptors (Lipinski definition) is 3. The molecule has 1 fully saturated rings. The summed E-state index contributed by atoms with van der Waals surface area (Å²) in [5.74, 6) is 0.164. The smallest absolute Gasteiger partial charge is 0.223 e. The number of carbonyl (C=O) groups excluding carboxylic acids is 1. The van der Waals surface area contributed by atoms with Gasteiger partial charge >= 0.3 is 0 Å². The first kappa shape index (κ1) is 15.4. The Labute approximate surface area is 110 Å². The van der Waals surface area contributed by atoms with Gasteiger partial charge in [0.25, 0.3) is 0 Å². The van der Waals surface area contributed by atoms with Crippen molar-refractivity contribution in [1.29, 1.82) is 0 Å². The number of nitrogens with one attached hydrogen (secondary N) is 1. The fourth-order valence-corrected chi connectivity index (χ4v) is 3.17. The van der Waals surface area contributed by atoms with Crippen molar-refractivity contribution in [2.45, 2.75) is 46.1 Å². The average Bonchev–Trinajstić information content (AvgIpc) is 2.38. The number of hydrogen-bond donors (Lipinski definition) is 1. The Hall–Kier alpha value is -0.620. The fourth-order valence-electron chi connectivity index (χ4n) is 2.04. The van der Waals surface area contributed by atoms with Crippen LogP contribution in [0, 0.1) is 5.92 Å². The molecule has 0 bridgehead atoms. The summed E-state index contributed by atoms with van der Waals surface area (Å²) in [4.78, 5) is 11.9. The molecule has 0 saturated carbocycles. The molecule has 0 aromatic heterocycles. The first-order valence-electron chi connectivity index (χ1n) is 6.68. The van der Waals surface area contributed by atoms with Crippen molar-refractivity contribution in [3.63, 3.8) is 0 Å². The van der Waals surface area contributed by atoms with Crippen molar-refractivity contribution in [1.82, 2.24) is 9.62 Å². The summed E-state index contributed by atoms with van der Waals surface area (Å²) in [7, 11) is -3.10. The predicted octanol–water partition coefficient (Wildman–Crippen LogP) is 0.963. The average molecular weight is 276 g/mol. The van der Waals surface area contributed by atoms with Crippen LogP contribution in [0.1, 0.15) is 40.0 Å². The summed E-state index contributed by atoms with van der Waals surface area (Å²) >= 11 is 0.